The lowest BCUT2D eigenvalue weighted by Gasteiger charge is -2.10. The van der Waals surface area contributed by atoms with Gasteiger partial charge in [-0.25, -0.2) is 4.79 Å². The van der Waals surface area contributed by atoms with E-state index in [9.17, 15) is 4.79 Å². The third-order valence-corrected chi connectivity index (χ3v) is 5.62. The minimum Gasteiger partial charge on any atom is -0.478 e. The molecule has 0 saturated carbocycles. The Hall–Kier alpha value is -0.320. The standard InChI is InChI=1S/C12H13ClO2S2/c1-6(2)16-10-5-8-9(17-10)4-3-7(11(8)13)12(14)15/h3-4,6,10H,5H2,1-2H3,(H,14,15). The second-order valence-corrected chi connectivity index (χ2v) is 7.85. The van der Waals surface area contributed by atoms with Gasteiger partial charge in [-0.2, -0.15) is 0 Å². The van der Waals surface area contributed by atoms with Crippen molar-refractivity contribution in [2.45, 2.75) is 35.0 Å². The van der Waals surface area contributed by atoms with Gasteiger partial charge < -0.3 is 5.11 Å². The quantitative estimate of drug-likeness (QED) is 0.906. The van der Waals surface area contributed by atoms with E-state index in [-0.39, 0.29) is 5.56 Å². The highest BCUT2D eigenvalue weighted by Gasteiger charge is 2.27. The second kappa shape index (κ2) is 5.12. The molecule has 92 valence electrons. The molecule has 0 saturated heterocycles. The van der Waals surface area contributed by atoms with E-state index in [4.69, 9.17) is 16.7 Å². The van der Waals surface area contributed by atoms with E-state index in [2.05, 4.69) is 13.8 Å². The molecule has 0 fully saturated rings. The maximum Gasteiger partial charge on any atom is 0.337 e. The Kier molecular flexibility index (Phi) is 3.95. The molecule has 1 aromatic carbocycles. The van der Waals surface area contributed by atoms with Crippen molar-refractivity contribution in [3.8, 4) is 0 Å². The maximum absolute atomic E-state index is 11.0. The lowest BCUT2D eigenvalue weighted by Crippen LogP contribution is -2.02. The molecule has 1 N–H and O–H groups in total. The number of aromatic carboxylic acids is 1. The molecule has 1 aliphatic heterocycles. The molecule has 0 aliphatic carbocycles. The van der Waals surface area contributed by atoms with Crippen molar-refractivity contribution >= 4 is 41.1 Å². The van der Waals surface area contributed by atoms with Crippen molar-refractivity contribution in [3.63, 3.8) is 0 Å². The Morgan fingerprint density at radius 3 is 2.88 bits per heavy atom. The van der Waals surface area contributed by atoms with Gasteiger partial charge in [-0.1, -0.05) is 25.4 Å². The zero-order valence-corrected chi connectivity index (χ0v) is 12.0. The highest BCUT2D eigenvalue weighted by molar-refractivity contribution is 8.17. The predicted octanol–water partition coefficient (Wildman–Crippen LogP) is 4.15. The summed E-state index contributed by atoms with van der Waals surface area (Å²) in [6, 6.07) is 3.47. The van der Waals surface area contributed by atoms with Crippen LogP contribution in [0.5, 0.6) is 0 Å². The smallest absolute Gasteiger partial charge is 0.337 e. The van der Waals surface area contributed by atoms with Crippen LogP contribution in [0.15, 0.2) is 17.0 Å². The molecule has 1 heterocycles. The third kappa shape index (κ3) is 2.75. The number of carbonyl (C=O) groups is 1. The number of rotatable bonds is 3. The fourth-order valence-electron chi connectivity index (χ4n) is 1.80. The lowest BCUT2D eigenvalue weighted by atomic mass is 10.1. The number of carboxylic acids is 1. The molecule has 0 amide bonds. The van der Waals surface area contributed by atoms with Crippen LogP contribution in [-0.2, 0) is 6.42 Å². The highest BCUT2D eigenvalue weighted by atomic mass is 35.5. The van der Waals surface area contributed by atoms with Crippen molar-refractivity contribution in [1.29, 1.82) is 0 Å². The fourth-order valence-corrected chi connectivity index (χ4v) is 5.25. The van der Waals surface area contributed by atoms with E-state index in [0.29, 0.717) is 14.9 Å². The van der Waals surface area contributed by atoms with Crippen LogP contribution < -0.4 is 0 Å². The summed E-state index contributed by atoms with van der Waals surface area (Å²) in [5.41, 5.74) is 1.20. The van der Waals surface area contributed by atoms with E-state index in [1.807, 2.05) is 17.8 Å². The first-order valence-electron chi connectivity index (χ1n) is 5.36. The van der Waals surface area contributed by atoms with Crippen molar-refractivity contribution < 1.29 is 9.90 Å². The summed E-state index contributed by atoms with van der Waals surface area (Å²) in [7, 11) is 0. The number of thioether (sulfide) groups is 2. The molecule has 2 nitrogen and oxygen atoms in total. The van der Waals surface area contributed by atoms with Gasteiger partial charge in [0.15, 0.2) is 0 Å². The van der Waals surface area contributed by atoms with E-state index in [0.717, 1.165) is 16.9 Å². The summed E-state index contributed by atoms with van der Waals surface area (Å²) in [5, 5.41) is 9.99. The zero-order chi connectivity index (χ0) is 12.6. The Morgan fingerprint density at radius 2 is 2.29 bits per heavy atom. The van der Waals surface area contributed by atoms with Gasteiger partial charge in [0.1, 0.15) is 0 Å². The predicted molar refractivity (Wildman–Crippen MR) is 74.5 cm³/mol. The molecule has 1 aromatic rings. The Labute approximate surface area is 114 Å². The molecule has 1 atom stereocenters. The van der Waals surface area contributed by atoms with Crippen LogP contribution in [0.3, 0.4) is 0 Å². The van der Waals surface area contributed by atoms with Crippen LogP contribution in [0.2, 0.25) is 5.02 Å². The van der Waals surface area contributed by atoms with Gasteiger partial charge in [0.05, 0.1) is 15.2 Å². The molecule has 5 heteroatoms. The normalized spacial score (nSPS) is 18.5. The van der Waals surface area contributed by atoms with Crippen LogP contribution in [-0.4, -0.2) is 20.9 Å². The maximum atomic E-state index is 11.0. The monoisotopic (exact) mass is 288 g/mol. The largest absolute Gasteiger partial charge is 0.478 e. The van der Waals surface area contributed by atoms with E-state index in [1.54, 1.807) is 17.8 Å². The minimum atomic E-state index is -0.956. The van der Waals surface area contributed by atoms with Crippen LogP contribution >= 0.6 is 35.1 Å². The molecular weight excluding hydrogens is 276 g/mol. The van der Waals surface area contributed by atoms with Crippen LogP contribution in [0.1, 0.15) is 29.8 Å². The molecule has 1 unspecified atom stereocenters. The second-order valence-electron chi connectivity index (χ2n) is 4.15. The number of benzene rings is 1. The Balaban J connectivity index is 2.27. The summed E-state index contributed by atoms with van der Waals surface area (Å²) < 4.78 is 0.451. The zero-order valence-electron chi connectivity index (χ0n) is 9.57. The number of carboxylic acid groups (broad SMARTS) is 1. The summed E-state index contributed by atoms with van der Waals surface area (Å²) in [6.07, 6.45) is 0.850. The van der Waals surface area contributed by atoms with Gasteiger partial charge in [0.25, 0.3) is 0 Å². The van der Waals surface area contributed by atoms with Crippen LogP contribution in [0.25, 0.3) is 0 Å². The summed E-state index contributed by atoms with van der Waals surface area (Å²) in [6.45, 7) is 4.33. The van der Waals surface area contributed by atoms with Crippen molar-refractivity contribution in [2.24, 2.45) is 0 Å². The van der Waals surface area contributed by atoms with E-state index >= 15 is 0 Å². The van der Waals surface area contributed by atoms with Gasteiger partial charge in [-0.15, -0.1) is 23.5 Å². The van der Waals surface area contributed by atoms with Crippen molar-refractivity contribution in [2.75, 3.05) is 0 Å². The fraction of sp³-hybridized carbons (Fsp3) is 0.417. The van der Waals surface area contributed by atoms with Gasteiger partial charge in [0.2, 0.25) is 0 Å². The first-order valence-corrected chi connectivity index (χ1v) is 7.56. The molecule has 17 heavy (non-hydrogen) atoms. The van der Waals surface area contributed by atoms with E-state index in [1.165, 1.54) is 0 Å². The topological polar surface area (TPSA) is 37.3 Å². The van der Waals surface area contributed by atoms with E-state index < -0.39 is 5.97 Å². The van der Waals surface area contributed by atoms with Gasteiger partial charge >= 0.3 is 5.97 Å². The van der Waals surface area contributed by atoms with Crippen molar-refractivity contribution in [1.82, 2.24) is 0 Å². The molecule has 0 aromatic heterocycles. The average molecular weight is 289 g/mol. The number of hydrogen-bond donors (Lipinski definition) is 1. The summed E-state index contributed by atoms with van der Waals surface area (Å²) in [4.78, 5) is 12.1. The highest BCUT2D eigenvalue weighted by Crippen LogP contribution is 2.46. The molecule has 2 rings (SSSR count). The summed E-state index contributed by atoms with van der Waals surface area (Å²) in [5.74, 6) is -0.956. The SMILES string of the molecule is CC(C)SC1Cc2c(ccc(C(=O)O)c2Cl)S1. The Morgan fingerprint density at radius 1 is 1.59 bits per heavy atom. The first kappa shape index (κ1) is 13.1. The third-order valence-electron chi connectivity index (χ3n) is 2.48. The van der Waals surface area contributed by atoms with Crippen LogP contribution in [0, 0.1) is 0 Å². The number of fused-ring (bicyclic) bond motifs is 1. The lowest BCUT2D eigenvalue weighted by molar-refractivity contribution is 0.0697. The van der Waals surface area contributed by atoms with Gasteiger partial charge in [-0.05, 0) is 24.1 Å². The van der Waals surface area contributed by atoms with Gasteiger partial charge in [0, 0.05) is 10.1 Å². The summed E-state index contributed by atoms with van der Waals surface area (Å²) >= 11 is 9.83. The number of halogens is 1. The molecular formula is C12H13ClO2S2. The molecule has 0 bridgehead atoms. The number of hydrogen-bond acceptors (Lipinski definition) is 3. The molecule has 0 radical (unpaired) electrons. The first-order chi connectivity index (χ1) is 7.99. The minimum absolute atomic E-state index is 0.209. The van der Waals surface area contributed by atoms with Crippen molar-refractivity contribution in [3.05, 3.63) is 28.3 Å². The Bertz CT molecular complexity index is 460. The molecule has 0 spiro atoms. The molecule has 1 aliphatic rings. The van der Waals surface area contributed by atoms with Crippen LogP contribution in [0.4, 0.5) is 0 Å². The van der Waals surface area contributed by atoms with Gasteiger partial charge in [-0.3, -0.25) is 0 Å². The average Bonchev–Trinajstić information content (AvgIpc) is 2.60.